The van der Waals surface area contributed by atoms with Crippen LogP contribution >= 0.6 is 0 Å². The van der Waals surface area contributed by atoms with Gasteiger partial charge in [0.05, 0.1) is 13.7 Å². The summed E-state index contributed by atoms with van der Waals surface area (Å²) in [5.74, 6) is 0.616. The molecule has 0 bridgehead atoms. The lowest BCUT2D eigenvalue weighted by Crippen LogP contribution is -2.29. The molecule has 0 heterocycles. The lowest BCUT2D eigenvalue weighted by Gasteiger charge is -2.13. The molecule has 0 aromatic heterocycles. The predicted molar refractivity (Wildman–Crippen MR) is 113 cm³/mol. The van der Waals surface area contributed by atoms with E-state index >= 15 is 0 Å². The Morgan fingerprint density at radius 2 is 1.76 bits per heavy atom. The number of nitrogens with one attached hydrogen (secondary N) is 1. The molecule has 0 saturated heterocycles. The number of amides is 1. The minimum atomic E-state index is -0.922. The van der Waals surface area contributed by atoms with Crippen LogP contribution in [-0.4, -0.2) is 31.7 Å². The van der Waals surface area contributed by atoms with Gasteiger partial charge in [0.2, 0.25) is 0 Å². The molecule has 1 amide bonds. The van der Waals surface area contributed by atoms with Crippen LogP contribution in [0.25, 0.3) is 6.08 Å². The van der Waals surface area contributed by atoms with Gasteiger partial charge in [-0.15, -0.1) is 0 Å². The van der Waals surface area contributed by atoms with E-state index in [9.17, 15) is 9.59 Å². The van der Waals surface area contributed by atoms with E-state index in [2.05, 4.69) is 19.2 Å². The number of ether oxygens (including phenoxy) is 3. The standard InChI is InChI=1S/C23H27NO5/c1-16(2)15-28-20-12-10-18(14-21(20)27-4)11-13-22(25)29-17(3)23(26)24-19-8-6-5-7-9-19/h5-14,16-17H,15H2,1-4H3,(H,24,26)/b13-11+/t17-/m0/s1. The molecule has 29 heavy (non-hydrogen) atoms. The summed E-state index contributed by atoms with van der Waals surface area (Å²) in [6, 6.07) is 14.4. The second kappa shape index (κ2) is 10.9. The summed E-state index contributed by atoms with van der Waals surface area (Å²) in [5, 5.41) is 2.69. The van der Waals surface area contributed by atoms with Crippen molar-refractivity contribution in [2.24, 2.45) is 5.92 Å². The molecule has 0 aliphatic rings. The molecule has 0 aliphatic carbocycles. The van der Waals surface area contributed by atoms with Crippen molar-refractivity contribution >= 4 is 23.6 Å². The van der Waals surface area contributed by atoms with Crippen LogP contribution in [-0.2, 0) is 14.3 Å². The van der Waals surface area contributed by atoms with E-state index in [-0.39, 0.29) is 0 Å². The number of hydrogen-bond acceptors (Lipinski definition) is 5. The van der Waals surface area contributed by atoms with Gasteiger partial charge in [-0.05, 0) is 48.7 Å². The number of anilines is 1. The molecular formula is C23H27NO5. The Kier molecular flexibility index (Phi) is 8.27. The molecule has 1 N–H and O–H groups in total. The highest BCUT2D eigenvalue weighted by molar-refractivity contribution is 5.96. The van der Waals surface area contributed by atoms with Crippen LogP contribution in [0.5, 0.6) is 11.5 Å². The number of methoxy groups -OCH3 is 1. The highest BCUT2D eigenvalue weighted by atomic mass is 16.5. The van der Waals surface area contributed by atoms with Crippen molar-refractivity contribution < 1.29 is 23.8 Å². The molecule has 2 aromatic carbocycles. The Morgan fingerprint density at radius 3 is 2.41 bits per heavy atom. The van der Waals surface area contributed by atoms with Crippen LogP contribution in [0.15, 0.2) is 54.6 Å². The number of carbonyl (C=O) groups is 2. The minimum Gasteiger partial charge on any atom is -0.493 e. The average molecular weight is 397 g/mol. The molecule has 0 unspecified atom stereocenters. The molecule has 2 rings (SSSR count). The summed E-state index contributed by atoms with van der Waals surface area (Å²) < 4.78 is 16.2. The molecule has 6 nitrogen and oxygen atoms in total. The van der Waals surface area contributed by atoms with E-state index in [1.807, 2.05) is 24.3 Å². The zero-order valence-electron chi connectivity index (χ0n) is 17.2. The number of esters is 1. The van der Waals surface area contributed by atoms with Crippen molar-refractivity contribution in [3.8, 4) is 11.5 Å². The fraction of sp³-hybridized carbons (Fsp3) is 0.304. The van der Waals surface area contributed by atoms with E-state index in [1.165, 1.54) is 13.0 Å². The van der Waals surface area contributed by atoms with Crippen molar-refractivity contribution in [2.45, 2.75) is 26.9 Å². The first-order valence-corrected chi connectivity index (χ1v) is 9.44. The van der Waals surface area contributed by atoms with Gasteiger partial charge in [-0.1, -0.05) is 38.1 Å². The van der Waals surface area contributed by atoms with Gasteiger partial charge >= 0.3 is 5.97 Å². The lowest BCUT2D eigenvalue weighted by molar-refractivity contribution is -0.148. The summed E-state index contributed by atoms with van der Waals surface area (Å²) in [4.78, 5) is 24.1. The minimum absolute atomic E-state index is 0.397. The Morgan fingerprint density at radius 1 is 1.03 bits per heavy atom. The van der Waals surface area contributed by atoms with Crippen molar-refractivity contribution in [1.82, 2.24) is 0 Å². The maximum atomic E-state index is 12.1. The normalized spacial score (nSPS) is 11.9. The second-order valence-electron chi connectivity index (χ2n) is 6.88. The smallest absolute Gasteiger partial charge is 0.331 e. The quantitative estimate of drug-likeness (QED) is 0.504. The topological polar surface area (TPSA) is 73.9 Å². The van der Waals surface area contributed by atoms with Gasteiger partial charge < -0.3 is 19.5 Å². The van der Waals surface area contributed by atoms with Crippen LogP contribution in [0, 0.1) is 5.92 Å². The van der Waals surface area contributed by atoms with E-state index in [1.54, 1.807) is 37.5 Å². The highest BCUT2D eigenvalue weighted by Crippen LogP contribution is 2.29. The number of benzene rings is 2. The first kappa shape index (κ1) is 22.0. The maximum Gasteiger partial charge on any atom is 0.331 e. The van der Waals surface area contributed by atoms with Gasteiger partial charge in [-0.3, -0.25) is 4.79 Å². The van der Waals surface area contributed by atoms with Gasteiger partial charge in [-0.25, -0.2) is 4.79 Å². The zero-order chi connectivity index (χ0) is 21.2. The van der Waals surface area contributed by atoms with Crippen LogP contribution in [0.4, 0.5) is 5.69 Å². The van der Waals surface area contributed by atoms with Crippen LogP contribution in [0.2, 0.25) is 0 Å². The third kappa shape index (κ3) is 7.33. The summed E-state index contributed by atoms with van der Waals surface area (Å²) in [7, 11) is 1.56. The first-order chi connectivity index (χ1) is 13.9. The number of para-hydroxylation sites is 1. The second-order valence-corrected chi connectivity index (χ2v) is 6.88. The van der Waals surface area contributed by atoms with Gasteiger partial charge in [0.15, 0.2) is 17.6 Å². The number of hydrogen-bond donors (Lipinski definition) is 1. The molecule has 0 saturated carbocycles. The summed E-state index contributed by atoms with van der Waals surface area (Å²) in [6.45, 7) is 6.24. The fourth-order valence-corrected chi connectivity index (χ4v) is 2.36. The zero-order valence-corrected chi connectivity index (χ0v) is 17.2. The Labute approximate surface area is 171 Å². The number of carbonyl (C=O) groups excluding carboxylic acids is 2. The lowest BCUT2D eigenvalue weighted by atomic mass is 10.2. The Balaban J connectivity index is 1.93. The third-order valence-electron chi connectivity index (χ3n) is 3.88. The Hall–Kier alpha value is -3.28. The number of rotatable bonds is 9. The van der Waals surface area contributed by atoms with Crippen molar-refractivity contribution in [3.63, 3.8) is 0 Å². The van der Waals surface area contributed by atoms with Crippen LogP contribution < -0.4 is 14.8 Å². The van der Waals surface area contributed by atoms with Crippen LogP contribution in [0.3, 0.4) is 0 Å². The molecule has 0 aliphatic heterocycles. The van der Waals surface area contributed by atoms with Crippen molar-refractivity contribution in [3.05, 3.63) is 60.2 Å². The van der Waals surface area contributed by atoms with Gasteiger partial charge in [-0.2, -0.15) is 0 Å². The van der Waals surface area contributed by atoms with E-state index in [0.717, 1.165) is 5.56 Å². The van der Waals surface area contributed by atoms with E-state index < -0.39 is 18.0 Å². The Bertz CT molecular complexity index is 846. The fourth-order valence-electron chi connectivity index (χ4n) is 2.36. The van der Waals surface area contributed by atoms with Crippen molar-refractivity contribution in [2.75, 3.05) is 19.0 Å². The molecule has 154 valence electrons. The SMILES string of the molecule is COc1cc(/C=C/C(=O)O[C@@H](C)C(=O)Nc2ccccc2)ccc1OCC(C)C. The van der Waals surface area contributed by atoms with E-state index in [4.69, 9.17) is 14.2 Å². The van der Waals surface area contributed by atoms with Gasteiger partial charge in [0.1, 0.15) is 0 Å². The molecule has 0 spiro atoms. The van der Waals surface area contributed by atoms with Gasteiger partial charge in [0, 0.05) is 11.8 Å². The third-order valence-corrected chi connectivity index (χ3v) is 3.88. The average Bonchev–Trinajstić information content (AvgIpc) is 2.71. The molecule has 0 radical (unpaired) electrons. The largest absolute Gasteiger partial charge is 0.493 e. The maximum absolute atomic E-state index is 12.1. The monoisotopic (exact) mass is 397 g/mol. The summed E-state index contributed by atoms with van der Waals surface area (Å²) in [6.07, 6.45) is 1.95. The molecular weight excluding hydrogens is 370 g/mol. The molecule has 0 fully saturated rings. The highest BCUT2D eigenvalue weighted by Gasteiger charge is 2.16. The molecule has 6 heteroatoms. The molecule has 1 atom stereocenters. The van der Waals surface area contributed by atoms with Gasteiger partial charge in [0.25, 0.3) is 5.91 Å². The van der Waals surface area contributed by atoms with Crippen molar-refractivity contribution in [1.29, 1.82) is 0 Å². The molecule has 2 aromatic rings. The van der Waals surface area contributed by atoms with Crippen LogP contribution in [0.1, 0.15) is 26.3 Å². The first-order valence-electron chi connectivity index (χ1n) is 9.44. The summed E-state index contributed by atoms with van der Waals surface area (Å²) >= 11 is 0. The predicted octanol–water partition coefficient (Wildman–Crippen LogP) is 4.31. The van der Waals surface area contributed by atoms with E-state index in [0.29, 0.717) is 29.7 Å². The summed E-state index contributed by atoms with van der Waals surface area (Å²) in [5.41, 5.74) is 1.39.